The summed E-state index contributed by atoms with van der Waals surface area (Å²) in [4.78, 5) is 8.59. The molecule has 0 spiro atoms. The van der Waals surface area contributed by atoms with Crippen LogP contribution in [-0.2, 0) is 6.42 Å². The van der Waals surface area contributed by atoms with E-state index in [1.54, 1.807) is 6.26 Å². The second kappa shape index (κ2) is 4.35. The van der Waals surface area contributed by atoms with Gasteiger partial charge in [0, 0.05) is 11.8 Å². The largest absolute Gasteiger partial charge is 0.461 e. The van der Waals surface area contributed by atoms with E-state index in [-0.39, 0.29) is 0 Å². The third-order valence-electron chi connectivity index (χ3n) is 2.16. The molecule has 0 amide bonds. The molecule has 4 nitrogen and oxygen atoms in total. The molecule has 2 N–H and O–H groups in total. The van der Waals surface area contributed by atoms with Gasteiger partial charge in [0.1, 0.15) is 5.82 Å². The van der Waals surface area contributed by atoms with Crippen LogP contribution in [0.25, 0.3) is 11.6 Å². The fourth-order valence-electron chi connectivity index (χ4n) is 1.56. The second-order valence-corrected chi connectivity index (χ2v) is 4.18. The van der Waals surface area contributed by atoms with Gasteiger partial charge >= 0.3 is 0 Å². The molecule has 2 rings (SSSR count). The summed E-state index contributed by atoms with van der Waals surface area (Å²) in [6.07, 6.45) is 2.49. The summed E-state index contributed by atoms with van der Waals surface area (Å²) >= 11 is 0. The predicted octanol–water partition coefficient (Wildman–Crippen LogP) is 2.52. The molecule has 0 fully saturated rings. The van der Waals surface area contributed by atoms with Crippen LogP contribution in [0.4, 0.5) is 5.82 Å². The highest BCUT2D eigenvalue weighted by atomic mass is 16.3. The van der Waals surface area contributed by atoms with Gasteiger partial charge < -0.3 is 10.2 Å². The molecule has 84 valence electrons. The lowest BCUT2D eigenvalue weighted by molar-refractivity contribution is 0.575. The maximum absolute atomic E-state index is 5.75. The summed E-state index contributed by atoms with van der Waals surface area (Å²) in [5, 5.41) is 0. The van der Waals surface area contributed by atoms with E-state index in [9.17, 15) is 0 Å². The summed E-state index contributed by atoms with van der Waals surface area (Å²) in [5.74, 6) is 2.23. The molecule has 0 radical (unpaired) electrons. The van der Waals surface area contributed by atoms with Gasteiger partial charge in [-0.1, -0.05) is 13.8 Å². The van der Waals surface area contributed by atoms with E-state index in [1.807, 2.05) is 18.2 Å². The highest BCUT2D eigenvalue weighted by Crippen LogP contribution is 2.18. The van der Waals surface area contributed by atoms with Crippen LogP contribution in [0, 0.1) is 5.92 Å². The molecule has 0 unspecified atom stereocenters. The molecule has 0 atom stereocenters. The van der Waals surface area contributed by atoms with Gasteiger partial charge in [-0.2, -0.15) is 0 Å². The first-order chi connectivity index (χ1) is 7.65. The van der Waals surface area contributed by atoms with Crippen molar-refractivity contribution in [3.05, 3.63) is 30.2 Å². The molecule has 0 saturated carbocycles. The molecule has 0 saturated heterocycles. The highest BCUT2D eigenvalue weighted by Gasteiger charge is 2.08. The Balaban J connectivity index is 2.36. The Morgan fingerprint density at radius 1 is 1.38 bits per heavy atom. The number of furan rings is 1. The van der Waals surface area contributed by atoms with Gasteiger partial charge in [-0.25, -0.2) is 9.97 Å². The lowest BCUT2D eigenvalue weighted by atomic mass is 10.1. The van der Waals surface area contributed by atoms with Crippen molar-refractivity contribution in [2.75, 3.05) is 5.73 Å². The first-order valence-electron chi connectivity index (χ1n) is 5.32. The quantitative estimate of drug-likeness (QED) is 0.857. The minimum Gasteiger partial charge on any atom is -0.461 e. The minimum atomic E-state index is 0.483. The molecule has 0 aromatic carbocycles. The molecule has 4 heteroatoms. The van der Waals surface area contributed by atoms with Crippen molar-refractivity contribution in [3.63, 3.8) is 0 Å². The Bertz CT molecular complexity index is 463. The van der Waals surface area contributed by atoms with Crippen molar-refractivity contribution in [1.29, 1.82) is 0 Å². The van der Waals surface area contributed by atoms with Crippen LogP contribution in [0.15, 0.2) is 28.9 Å². The topological polar surface area (TPSA) is 64.9 Å². The third kappa shape index (κ3) is 2.39. The third-order valence-corrected chi connectivity index (χ3v) is 2.16. The van der Waals surface area contributed by atoms with Crippen molar-refractivity contribution in [2.45, 2.75) is 20.3 Å². The zero-order valence-electron chi connectivity index (χ0n) is 9.47. The average Bonchev–Trinajstić information content (AvgIpc) is 2.67. The second-order valence-electron chi connectivity index (χ2n) is 4.18. The molecule has 2 aromatic rings. The Morgan fingerprint density at radius 2 is 2.19 bits per heavy atom. The summed E-state index contributed by atoms with van der Waals surface area (Å²) in [6.45, 7) is 4.29. The molecule has 16 heavy (non-hydrogen) atoms. The number of nitrogens with zero attached hydrogens (tertiary/aromatic N) is 2. The molecular formula is C12H15N3O. The summed E-state index contributed by atoms with van der Waals surface area (Å²) in [6, 6.07) is 5.45. The van der Waals surface area contributed by atoms with E-state index in [4.69, 9.17) is 10.2 Å². The van der Waals surface area contributed by atoms with Crippen LogP contribution in [-0.4, -0.2) is 9.97 Å². The predicted molar refractivity (Wildman–Crippen MR) is 62.7 cm³/mol. The van der Waals surface area contributed by atoms with Gasteiger partial charge in [0.15, 0.2) is 11.6 Å². The fourth-order valence-corrected chi connectivity index (χ4v) is 1.56. The smallest absolute Gasteiger partial charge is 0.197 e. The molecule has 0 bridgehead atoms. The number of aromatic nitrogens is 2. The van der Waals surface area contributed by atoms with Gasteiger partial charge in [0.2, 0.25) is 0 Å². The normalized spacial score (nSPS) is 10.9. The van der Waals surface area contributed by atoms with Gasteiger partial charge in [-0.3, -0.25) is 0 Å². The van der Waals surface area contributed by atoms with Crippen molar-refractivity contribution >= 4 is 5.82 Å². The van der Waals surface area contributed by atoms with Crippen LogP contribution in [0.1, 0.15) is 19.5 Å². The number of nitrogen functional groups attached to an aromatic ring is 1. The van der Waals surface area contributed by atoms with Crippen LogP contribution in [0.2, 0.25) is 0 Å². The van der Waals surface area contributed by atoms with E-state index in [0.29, 0.717) is 23.3 Å². The average molecular weight is 217 g/mol. The summed E-state index contributed by atoms with van der Waals surface area (Å²) in [5.41, 5.74) is 6.70. The molecule has 2 heterocycles. The zero-order chi connectivity index (χ0) is 11.5. The van der Waals surface area contributed by atoms with Gasteiger partial charge in [0.25, 0.3) is 0 Å². The number of hydrogen-bond donors (Lipinski definition) is 1. The zero-order valence-corrected chi connectivity index (χ0v) is 9.47. The van der Waals surface area contributed by atoms with E-state index in [1.165, 1.54) is 0 Å². The van der Waals surface area contributed by atoms with Crippen molar-refractivity contribution in [3.8, 4) is 11.6 Å². The van der Waals surface area contributed by atoms with Gasteiger partial charge in [0.05, 0.1) is 6.26 Å². The van der Waals surface area contributed by atoms with Crippen LogP contribution in [0.3, 0.4) is 0 Å². The lowest BCUT2D eigenvalue weighted by Gasteiger charge is -2.06. The van der Waals surface area contributed by atoms with E-state index < -0.39 is 0 Å². The number of nitrogens with two attached hydrogens (primary N) is 1. The van der Waals surface area contributed by atoms with Gasteiger partial charge in [-0.05, 0) is 24.5 Å². The number of anilines is 1. The molecule has 2 aromatic heterocycles. The number of hydrogen-bond acceptors (Lipinski definition) is 4. The Morgan fingerprint density at radius 3 is 2.81 bits per heavy atom. The monoisotopic (exact) mass is 217 g/mol. The Kier molecular flexibility index (Phi) is 2.90. The van der Waals surface area contributed by atoms with Gasteiger partial charge in [-0.15, -0.1) is 0 Å². The molecule has 0 aliphatic rings. The highest BCUT2D eigenvalue weighted by molar-refractivity contribution is 5.49. The van der Waals surface area contributed by atoms with Crippen molar-refractivity contribution in [2.24, 2.45) is 5.92 Å². The molecule has 0 aliphatic heterocycles. The first kappa shape index (κ1) is 10.7. The summed E-state index contributed by atoms with van der Waals surface area (Å²) < 4.78 is 5.25. The fraction of sp³-hybridized carbons (Fsp3) is 0.333. The Labute approximate surface area is 94.5 Å². The SMILES string of the molecule is CC(C)Cc1cc(N)nc(-c2ccco2)n1. The maximum Gasteiger partial charge on any atom is 0.197 e. The lowest BCUT2D eigenvalue weighted by Crippen LogP contribution is -2.03. The van der Waals surface area contributed by atoms with E-state index in [0.717, 1.165) is 12.1 Å². The molecular weight excluding hydrogens is 202 g/mol. The summed E-state index contributed by atoms with van der Waals surface area (Å²) in [7, 11) is 0. The van der Waals surface area contributed by atoms with Crippen LogP contribution in [0.5, 0.6) is 0 Å². The van der Waals surface area contributed by atoms with E-state index >= 15 is 0 Å². The van der Waals surface area contributed by atoms with Crippen LogP contribution >= 0.6 is 0 Å². The maximum atomic E-state index is 5.75. The van der Waals surface area contributed by atoms with Crippen molar-refractivity contribution < 1.29 is 4.42 Å². The Hall–Kier alpha value is -1.84. The van der Waals surface area contributed by atoms with Crippen LogP contribution < -0.4 is 5.73 Å². The van der Waals surface area contributed by atoms with Crippen molar-refractivity contribution in [1.82, 2.24) is 9.97 Å². The van der Waals surface area contributed by atoms with E-state index in [2.05, 4.69) is 23.8 Å². The first-order valence-corrected chi connectivity index (χ1v) is 5.32. The minimum absolute atomic E-state index is 0.483. The standard InChI is InChI=1S/C12H15N3O/c1-8(2)6-9-7-11(13)15-12(14-9)10-4-3-5-16-10/h3-5,7-8H,6H2,1-2H3,(H2,13,14,15). The number of rotatable bonds is 3. The molecule has 0 aliphatic carbocycles.